The third-order valence-corrected chi connectivity index (χ3v) is 4.50. The molecule has 25 heavy (non-hydrogen) atoms. The summed E-state index contributed by atoms with van der Waals surface area (Å²) in [5, 5.41) is 0. The van der Waals surface area contributed by atoms with Gasteiger partial charge >= 0.3 is 0 Å². The monoisotopic (exact) mass is 343 g/mol. The summed E-state index contributed by atoms with van der Waals surface area (Å²) in [6, 6.07) is 3.15. The van der Waals surface area contributed by atoms with Gasteiger partial charge in [-0.25, -0.2) is 18.7 Å². The van der Waals surface area contributed by atoms with Crippen molar-refractivity contribution in [2.75, 3.05) is 11.4 Å². The first-order chi connectivity index (χ1) is 12.0. The van der Waals surface area contributed by atoms with Crippen molar-refractivity contribution in [3.8, 4) is 0 Å². The highest BCUT2D eigenvalue weighted by atomic mass is 19.1. The number of hydrogen-bond donors (Lipinski definition) is 1. The Morgan fingerprint density at radius 2 is 2.08 bits per heavy atom. The molecule has 1 aliphatic heterocycles. The summed E-state index contributed by atoms with van der Waals surface area (Å²) in [5.41, 5.74) is 6.40. The summed E-state index contributed by atoms with van der Waals surface area (Å²) < 4.78 is 29.3. The van der Waals surface area contributed by atoms with Crippen LogP contribution in [0.25, 0.3) is 5.65 Å². The lowest BCUT2D eigenvalue weighted by molar-refractivity contribution is 0.0994. The van der Waals surface area contributed by atoms with Gasteiger partial charge in [-0.15, -0.1) is 0 Å². The van der Waals surface area contributed by atoms with Crippen LogP contribution < -0.4 is 10.6 Å². The molecule has 4 rings (SSSR count). The maximum absolute atomic E-state index is 14.2. The van der Waals surface area contributed by atoms with Crippen LogP contribution in [0.4, 0.5) is 14.6 Å². The van der Waals surface area contributed by atoms with Gasteiger partial charge in [0.2, 0.25) is 0 Å². The fourth-order valence-corrected chi connectivity index (χ4v) is 3.34. The molecule has 0 aliphatic carbocycles. The molecule has 1 atom stereocenters. The minimum Gasteiger partial charge on any atom is -0.364 e. The molecule has 2 aromatic heterocycles. The molecule has 0 unspecified atom stereocenters. The molecule has 1 fully saturated rings. The van der Waals surface area contributed by atoms with Gasteiger partial charge in [0.05, 0.1) is 24.6 Å². The standard InChI is InChI=1S/C17H15F2N5O/c18-10-3-4-12(19)11(6-10)13-2-1-5-23(13)16-9-24-14(17(20)25)7-21-15(24)8-22-16/h3-4,6-9,13H,1-2,5H2,(H2,20,25)/t13-/m1/s1. The van der Waals surface area contributed by atoms with E-state index in [-0.39, 0.29) is 11.7 Å². The van der Waals surface area contributed by atoms with Gasteiger partial charge in [0.15, 0.2) is 5.65 Å². The zero-order valence-corrected chi connectivity index (χ0v) is 13.2. The molecule has 8 heteroatoms. The molecule has 0 radical (unpaired) electrons. The first-order valence-electron chi connectivity index (χ1n) is 7.89. The summed E-state index contributed by atoms with van der Waals surface area (Å²) in [6.45, 7) is 0.653. The number of fused-ring (bicyclic) bond motifs is 1. The predicted octanol–water partition coefficient (Wildman–Crippen LogP) is 2.45. The van der Waals surface area contributed by atoms with Crippen molar-refractivity contribution < 1.29 is 13.6 Å². The van der Waals surface area contributed by atoms with Crippen LogP contribution in [0.15, 0.2) is 36.8 Å². The molecule has 6 nitrogen and oxygen atoms in total. The fraction of sp³-hybridized carbons (Fsp3) is 0.235. The van der Waals surface area contributed by atoms with E-state index in [9.17, 15) is 13.6 Å². The van der Waals surface area contributed by atoms with Crippen LogP contribution in [0, 0.1) is 11.6 Å². The number of amides is 1. The SMILES string of the molecule is NC(=O)c1cnc2cnc(N3CCC[C@@H]3c3cc(F)ccc3F)cn12. The van der Waals surface area contributed by atoms with Gasteiger partial charge in [-0.05, 0) is 31.0 Å². The minimum absolute atomic E-state index is 0.242. The molecule has 128 valence electrons. The third-order valence-electron chi connectivity index (χ3n) is 4.50. The van der Waals surface area contributed by atoms with Crippen LogP contribution in [0.1, 0.15) is 34.9 Å². The van der Waals surface area contributed by atoms with Gasteiger partial charge in [-0.3, -0.25) is 9.20 Å². The second-order valence-electron chi connectivity index (χ2n) is 6.00. The molecule has 3 aromatic rings. The fourth-order valence-electron chi connectivity index (χ4n) is 3.34. The van der Waals surface area contributed by atoms with E-state index in [0.717, 1.165) is 18.6 Å². The van der Waals surface area contributed by atoms with E-state index < -0.39 is 17.5 Å². The van der Waals surface area contributed by atoms with E-state index in [1.807, 2.05) is 4.90 Å². The lowest BCUT2D eigenvalue weighted by atomic mass is 10.0. The predicted molar refractivity (Wildman–Crippen MR) is 87.2 cm³/mol. The highest BCUT2D eigenvalue weighted by Gasteiger charge is 2.30. The zero-order valence-electron chi connectivity index (χ0n) is 13.2. The molecule has 0 bridgehead atoms. The normalized spacial score (nSPS) is 17.4. The number of rotatable bonds is 3. The molecule has 0 spiro atoms. The Morgan fingerprint density at radius 3 is 2.88 bits per heavy atom. The largest absolute Gasteiger partial charge is 0.364 e. The Bertz CT molecular complexity index is 971. The summed E-state index contributed by atoms with van der Waals surface area (Å²) >= 11 is 0. The average molecular weight is 343 g/mol. The number of carbonyl (C=O) groups excluding carboxylic acids is 1. The van der Waals surface area contributed by atoms with Crippen LogP contribution in [-0.4, -0.2) is 26.8 Å². The molecular weight excluding hydrogens is 328 g/mol. The number of aromatic nitrogens is 3. The van der Waals surface area contributed by atoms with Crippen molar-refractivity contribution in [2.45, 2.75) is 18.9 Å². The molecule has 1 saturated heterocycles. The van der Waals surface area contributed by atoms with Crippen LogP contribution in [0.5, 0.6) is 0 Å². The number of nitrogens with zero attached hydrogens (tertiary/aromatic N) is 4. The third kappa shape index (κ3) is 2.59. The summed E-state index contributed by atoms with van der Waals surface area (Å²) in [6.07, 6.45) is 6.08. The van der Waals surface area contributed by atoms with Crippen molar-refractivity contribution in [1.82, 2.24) is 14.4 Å². The van der Waals surface area contributed by atoms with Crippen molar-refractivity contribution in [3.63, 3.8) is 0 Å². The Kier molecular flexibility index (Phi) is 3.60. The van der Waals surface area contributed by atoms with E-state index in [0.29, 0.717) is 30.0 Å². The lowest BCUT2D eigenvalue weighted by Crippen LogP contribution is -2.25. The van der Waals surface area contributed by atoms with Crippen molar-refractivity contribution in [2.24, 2.45) is 5.73 Å². The molecular formula is C17H15F2N5O. The van der Waals surface area contributed by atoms with Gasteiger partial charge in [0, 0.05) is 12.1 Å². The van der Waals surface area contributed by atoms with Gasteiger partial charge in [-0.1, -0.05) is 0 Å². The quantitative estimate of drug-likeness (QED) is 0.792. The van der Waals surface area contributed by atoms with Crippen LogP contribution >= 0.6 is 0 Å². The van der Waals surface area contributed by atoms with Crippen molar-refractivity contribution in [3.05, 3.63) is 59.7 Å². The first kappa shape index (κ1) is 15.5. The molecule has 2 N–H and O–H groups in total. The number of nitrogens with two attached hydrogens (primary N) is 1. The van der Waals surface area contributed by atoms with Gasteiger partial charge in [-0.2, -0.15) is 0 Å². The zero-order chi connectivity index (χ0) is 17.6. The summed E-state index contributed by atoms with van der Waals surface area (Å²) in [7, 11) is 0. The smallest absolute Gasteiger partial charge is 0.267 e. The minimum atomic E-state index is -0.598. The van der Waals surface area contributed by atoms with E-state index in [1.54, 1.807) is 10.6 Å². The Hall–Kier alpha value is -3.03. The van der Waals surface area contributed by atoms with E-state index >= 15 is 0 Å². The van der Waals surface area contributed by atoms with Gasteiger partial charge in [0.25, 0.3) is 5.91 Å². The number of imidazole rings is 1. The lowest BCUT2D eigenvalue weighted by Gasteiger charge is -2.26. The average Bonchev–Trinajstić information content (AvgIpc) is 3.22. The van der Waals surface area contributed by atoms with E-state index in [1.165, 1.54) is 18.5 Å². The maximum atomic E-state index is 14.2. The van der Waals surface area contributed by atoms with E-state index in [2.05, 4.69) is 9.97 Å². The Morgan fingerprint density at radius 1 is 1.24 bits per heavy atom. The van der Waals surface area contributed by atoms with Gasteiger partial charge in [0.1, 0.15) is 23.1 Å². The topological polar surface area (TPSA) is 76.5 Å². The molecule has 1 aromatic carbocycles. The highest BCUT2D eigenvalue weighted by Crippen LogP contribution is 2.36. The number of anilines is 1. The van der Waals surface area contributed by atoms with Crippen LogP contribution in [0.2, 0.25) is 0 Å². The number of halogens is 2. The molecule has 1 amide bonds. The summed E-state index contributed by atoms with van der Waals surface area (Å²) in [4.78, 5) is 21.9. The molecule has 1 aliphatic rings. The van der Waals surface area contributed by atoms with Crippen molar-refractivity contribution >= 4 is 17.4 Å². The molecule has 0 saturated carbocycles. The molecule has 3 heterocycles. The maximum Gasteiger partial charge on any atom is 0.267 e. The van der Waals surface area contributed by atoms with Crippen molar-refractivity contribution in [1.29, 1.82) is 0 Å². The van der Waals surface area contributed by atoms with Crippen LogP contribution in [-0.2, 0) is 0 Å². The highest BCUT2D eigenvalue weighted by molar-refractivity contribution is 5.91. The van der Waals surface area contributed by atoms with E-state index in [4.69, 9.17) is 5.73 Å². The number of primary amides is 1. The Labute approximate surface area is 141 Å². The number of carbonyl (C=O) groups is 1. The Balaban J connectivity index is 1.77. The second-order valence-corrected chi connectivity index (χ2v) is 6.00. The number of benzene rings is 1. The first-order valence-corrected chi connectivity index (χ1v) is 7.89. The summed E-state index contributed by atoms with van der Waals surface area (Å²) in [5.74, 6) is -0.963. The van der Waals surface area contributed by atoms with Gasteiger partial charge < -0.3 is 10.6 Å². The number of hydrogen-bond acceptors (Lipinski definition) is 4. The van der Waals surface area contributed by atoms with Crippen LogP contribution in [0.3, 0.4) is 0 Å². The second kappa shape index (κ2) is 5.80.